The monoisotopic (exact) mass is 531 g/mol. The summed E-state index contributed by atoms with van der Waals surface area (Å²) in [6.07, 6.45) is -1.06. The smallest absolute Gasteiger partial charge is 0.297 e. The lowest BCUT2D eigenvalue weighted by atomic mass is 10.0. The standard InChI is InChI=1S/C28H23F2N5O4/c29-28(30)15-34(12-18-9-16-3-1-2-4-21(16)32-22(18)11-31)14-24(28)39-19-5-6-20-17(10-19)13-35(27(20)38)23-7-8-25(36)33-26(23)37/h1-6,9-10,23-24H,7-8,12-15H2,(H,33,36,37)/t23?,24-/m1/s1. The van der Waals surface area contributed by atoms with Gasteiger partial charge >= 0.3 is 0 Å². The van der Waals surface area contributed by atoms with Gasteiger partial charge in [0, 0.05) is 42.6 Å². The van der Waals surface area contributed by atoms with Crippen LogP contribution in [0, 0.1) is 11.3 Å². The van der Waals surface area contributed by atoms with Crippen molar-refractivity contribution < 1.29 is 27.9 Å². The number of piperidine rings is 1. The first-order valence-electron chi connectivity index (χ1n) is 12.5. The highest BCUT2D eigenvalue weighted by molar-refractivity contribution is 6.05. The average Bonchev–Trinajstić information content (AvgIpc) is 3.37. The maximum Gasteiger partial charge on any atom is 0.297 e. The van der Waals surface area contributed by atoms with Gasteiger partial charge in [0.15, 0.2) is 6.10 Å². The Morgan fingerprint density at radius 2 is 1.97 bits per heavy atom. The molecule has 0 bridgehead atoms. The van der Waals surface area contributed by atoms with Crippen LogP contribution in [0.5, 0.6) is 5.75 Å². The SMILES string of the molecule is N#Cc1nc2ccccc2cc1CN1C[C@@H](Oc2ccc3c(c2)CN(C2CCC(=O)NC2=O)C3=O)C(F)(F)C1. The molecule has 11 heteroatoms. The second-order valence-electron chi connectivity index (χ2n) is 10.1. The summed E-state index contributed by atoms with van der Waals surface area (Å²) in [6.45, 7) is -0.363. The number of benzene rings is 2. The Bertz CT molecular complexity index is 1570. The molecule has 39 heavy (non-hydrogen) atoms. The number of aromatic nitrogens is 1. The summed E-state index contributed by atoms with van der Waals surface area (Å²) in [5.74, 6) is -4.19. The van der Waals surface area contributed by atoms with Crippen LogP contribution in [-0.2, 0) is 22.7 Å². The molecule has 2 atom stereocenters. The van der Waals surface area contributed by atoms with E-state index >= 15 is 8.78 Å². The van der Waals surface area contributed by atoms with Crippen LogP contribution in [0.2, 0.25) is 0 Å². The highest BCUT2D eigenvalue weighted by atomic mass is 19.3. The van der Waals surface area contributed by atoms with Crippen molar-refractivity contribution in [1.29, 1.82) is 5.26 Å². The number of carbonyl (C=O) groups excluding carboxylic acids is 3. The number of pyridine rings is 1. The highest BCUT2D eigenvalue weighted by Crippen LogP contribution is 2.35. The van der Waals surface area contributed by atoms with Crippen molar-refractivity contribution in [3.8, 4) is 11.8 Å². The summed E-state index contributed by atoms with van der Waals surface area (Å²) in [7, 11) is 0. The third-order valence-electron chi connectivity index (χ3n) is 7.41. The lowest BCUT2D eigenvalue weighted by Crippen LogP contribution is -2.52. The fourth-order valence-corrected chi connectivity index (χ4v) is 5.48. The Labute approximate surface area is 222 Å². The Balaban J connectivity index is 1.16. The van der Waals surface area contributed by atoms with E-state index < -0.39 is 30.5 Å². The molecule has 198 valence electrons. The quantitative estimate of drug-likeness (QED) is 0.504. The zero-order chi connectivity index (χ0) is 27.3. The number of amides is 3. The van der Waals surface area contributed by atoms with Crippen LogP contribution >= 0.6 is 0 Å². The fraction of sp³-hybridized carbons (Fsp3) is 0.321. The normalized spacial score (nSPS) is 22.6. The van der Waals surface area contributed by atoms with Gasteiger partial charge in [0.25, 0.3) is 11.8 Å². The van der Waals surface area contributed by atoms with Crippen molar-refractivity contribution in [2.24, 2.45) is 0 Å². The minimum atomic E-state index is -3.15. The molecule has 0 aliphatic carbocycles. The number of imide groups is 1. The van der Waals surface area contributed by atoms with E-state index in [4.69, 9.17) is 4.74 Å². The molecule has 0 saturated carbocycles. The van der Waals surface area contributed by atoms with Crippen LogP contribution in [-0.4, -0.2) is 63.7 Å². The second-order valence-corrected chi connectivity index (χ2v) is 10.1. The number of fused-ring (bicyclic) bond motifs is 2. The summed E-state index contributed by atoms with van der Waals surface area (Å²) in [5, 5.41) is 12.6. The number of nitrogens with one attached hydrogen (secondary N) is 1. The summed E-state index contributed by atoms with van der Waals surface area (Å²) in [4.78, 5) is 43.9. The number of nitrogens with zero attached hydrogens (tertiary/aromatic N) is 4. The van der Waals surface area contributed by atoms with Crippen molar-refractivity contribution in [2.45, 2.75) is 44.0 Å². The highest BCUT2D eigenvalue weighted by Gasteiger charge is 2.50. The van der Waals surface area contributed by atoms with Crippen molar-refractivity contribution in [3.05, 3.63) is 70.9 Å². The van der Waals surface area contributed by atoms with Crippen LogP contribution in [0.15, 0.2) is 48.5 Å². The molecule has 3 aliphatic rings. The molecule has 0 spiro atoms. The summed E-state index contributed by atoms with van der Waals surface area (Å²) in [6, 6.07) is 15.0. The van der Waals surface area contributed by atoms with Gasteiger partial charge < -0.3 is 9.64 Å². The summed E-state index contributed by atoms with van der Waals surface area (Å²) < 4.78 is 35.8. The summed E-state index contributed by atoms with van der Waals surface area (Å²) in [5.41, 5.74) is 2.38. The largest absolute Gasteiger partial charge is 0.483 e. The number of rotatable bonds is 5. The summed E-state index contributed by atoms with van der Waals surface area (Å²) >= 11 is 0. The zero-order valence-corrected chi connectivity index (χ0v) is 20.7. The molecule has 9 nitrogen and oxygen atoms in total. The maximum atomic E-state index is 15.0. The third-order valence-corrected chi connectivity index (χ3v) is 7.41. The predicted octanol–water partition coefficient (Wildman–Crippen LogP) is 2.77. The third kappa shape index (κ3) is 4.57. The number of halogens is 2. The number of nitriles is 1. The molecule has 3 amide bonds. The zero-order valence-electron chi connectivity index (χ0n) is 20.7. The minimum absolute atomic E-state index is 0.0664. The molecule has 0 radical (unpaired) electrons. The van der Waals surface area contributed by atoms with Crippen molar-refractivity contribution in [1.82, 2.24) is 20.1 Å². The molecular weight excluding hydrogens is 508 g/mol. The van der Waals surface area contributed by atoms with Gasteiger partial charge in [0.05, 0.1) is 12.1 Å². The van der Waals surface area contributed by atoms with E-state index in [1.807, 2.05) is 18.2 Å². The molecule has 6 rings (SSSR count). The van der Waals surface area contributed by atoms with Gasteiger partial charge in [-0.3, -0.25) is 24.6 Å². The van der Waals surface area contributed by atoms with Crippen LogP contribution in [0.4, 0.5) is 8.78 Å². The van der Waals surface area contributed by atoms with Gasteiger partial charge in [-0.15, -0.1) is 0 Å². The first-order chi connectivity index (χ1) is 18.7. The number of para-hydroxylation sites is 1. The molecule has 2 saturated heterocycles. The molecule has 2 aromatic carbocycles. The molecule has 1 N–H and O–H groups in total. The van der Waals surface area contributed by atoms with Gasteiger partial charge in [-0.25, -0.2) is 13.8 Å². The van der Waals surface area contributed by atoms with E-state index in [1.165, 1.54) is 17.0 Å². The first kappa shape index (κ1) is 24.9. The number of ether oxygens (including phenoxy) is 1. The van der Waals surface area contributed by atoms with E-state index in [0.717, 1.165) is 5.39 Å². The van der Waals surface area contributed by atoms with Crippen LogP contribution < -0.4 is 10.1 Å². The molecule has 1 unspecified atom stereocenters. The molecular formula is C28H23F2N5O4. The van der Waals surface area contributed by atoms with Crippen molar-refractivity contribution in [3.63, 3.8) is 0 Å². The van der Waals surface area contributed by atoms with Crippen LogP contribution in [0.3, 0.4) is 0 Å². The predicted molar refractivity (Wildman–Crippen MR) is 134 cm³/mol. The van der Waals surface area contributed by atoms with Gasteiger partial charge in [-0.05, 0) is 42.3 Å². The molecule has 3 aliphatic heterocycles. The Hall–Kier alpha value is -4.43. The minimum Gasteiger partial charge on any atom is -0.483 e. The van der Waals surface area contributed by atoms with E-state index in [0.29, 0.717) is 22.2 Å². The number of hydrogen-bond acceptors (Lipinski definition) is 7. The second kappa shape index (κ2) is 9.39. The van der Waals surface area contributed by atoms with Gasteiger partial charge in [0.2, 0.25) is 11.8 Å². The Kier molecular flexibility index (Phi) is 5.99. The Morgan fingerprint density at radius 3 is 2.77 bits per heavy atom. The first-order valence-corrected chi connectivity index (χ1v) is 12.5. The number of alkyl halides is 2. The van der Waals surface area contributed by atoms with Gasteiger partial charge in [-0.2, -0.15) is 5.26 Å². The molecule has 1 aromatic heterocycles. The molecule has 3 aromatic rings. The van der Waals surface area contributed by atoms with Crippen molar-refractivity contribution >= 4 is 28.6 Å². The molecule has 4 heterocycles. The topological polar surface area (TPSA) is 116 Å². The average molecular weight is 532 g/mol. The fourth-order valence-electron chi connectivity index (χ4n) is 5.48. The maximum absolute atomic E-state index is 15.0. The lowest BCUT2D eigenvalue weighted by Gasteiger charge is -2.29. The van der Waals surface area contributed by atoms with Gasteiger partial charge in [-0.1, -0.05) is 18.2 Å². The van der Waals surface area contributed by atoms with E-state index in [-0.39, 0.29) is 55.7 Å². The van der Waals surface area contributed by atoms with Crippen molar-refractivity contribution in [2.75, 3.05) is 13.1 Å². The van der Waals surface area contributed by atoms with E-state index in [1.54, 1.807) is 23.1 Å². The number of likely N-dealkylation sites (tertiary alicyclic amines) is 1. The lowest BCUT2D eigenvalue weighted by molar-refractivity contribution is -0.136. The number of carbonyl (C=O) groups is 3. The van der Waals surface area contributed by atoms with E-state index in [9.17, 15) is 19.6 Å². The van der Waals surface area contributed by atoms with Crippen LogP contribution in [0.25, 0.3) is 10.9 Å². The Morgan fingerprint density at radius 1 is 1.15 bits per heavy atom. The van der Waals surface area contributed by atoms with Crippen LogP contribution in [0.1, 0.15) is 40.0 Å². The molecule has 2 fully saturated rings. The van der Waals surface area contributed by atoms with Gasteiger partial charge in [0.1, 0.15) is 23.6 Å². The number of hydrogen-bond donors (Lipinski definition) is 1. The van der Waals surface area contributed by atoms with E-state index in [2.05, 4.69) is 16.4 Å².